The van der Waals surface area contributed by atoms with Crippen LogP contribution in [0.5, 0.6) is 0 Å². The maximum Gasteiger partial charge on any atom is 0.122 e. The van der Waals surface area contributed by atoms with Gasteiger partial charge in [0.1, 0.15) is 5.03 Å². The van der Waals surface area contributed by atoms with Gasteiger partial charge in [-0.25, -0.2) is 9.50 Å². The van der Waals surface area contributed by atoms with Crippen molar-refractivity contribution in [2.75, 3.05) is 5.88 Å². The Morgan fingerprint density at radius 1 is 1.39 bits per heavy atom. The van der Waals surface area contributed by atoms with Gasteiger partial charge < -0.3 is 0 Å². The van der Waals surface area contributed by atoms with Gasteiger partial charge in [0.2, 0.25) is 0 Å². The minimum atomic E-state index is 0.433. The van der Waals surface area contributed by atoms with Crippen LogP contribution >= 0.6 is 23.4 Å². The zero-order valence-electron chi connectivity index (χ0n) is 10.9. The Bertz CT molecular complexity index is 524. The van der Waals surface area contributed by atoms with Gasteiger partial charge in [-0.3, -0.25) is 0 Å². The second-order valence-electron chi connectivity index (χ2n) is 4.69. The molecule has 0 bridgehead atoms. The van der Waals surface area contributed by atoms with E-state index in [0.717, 1.165) is 22.7 Å². The lowest BCUT2D eigenvalue weighted by Gasteiger charge is -2.08. The fourth-order valence-electron chi connectivity index (χ4n) is 1.69. The second kappa shape index (κ2) is 5.93. The van der Waals surface area contributed by atoms with E-state index in [-0.39, 0.29) is 0 Å². The number of thioether (sulfide) groups is 1. The van der Waals surface area contributed by atoms with Gasteiger partial charge in [0.05, 0.1) is 11.2 Å². The monoisotopic (exact) mass is 283 g/mol. The van der Waals surface area contributed by atoms with E-state index in [1.54, 1.807) is 18.0 Å². The van der Waals surface area contributed by atoms with Gasteiger partial charge in [-0.2, -0.15) is 5.10 Å². The Kier molecular flexibility index (Phi) is 4.51. The van der Waals surface area contributed by atoms with Gasteiger partial charge in [-0.1, -0.05) is 20.8 Å². The zero-order valence-corrected chi connectivity index (χ0v) is 12.5. The Labute approximate surface area is 117 Å². The lowest BCUT2D eigenvalue weighted by molar-refractivity contribution is 0.784. The molecule has 0 amide bonds. The average Bonchev–Trinajstić information content (AvgIpc) is 2.74. The summed E-state index contributed by atoms with van der Waals surface area (Å²) in [4.78, 5) is 4.46. The molecule has 18 heavy (non-hydrogen) atoms. The number of aromatic nitrogens is 3. The topological polar surface area (TPSA) is 30.2 Å². The standard InChI is InChI=1S/C13H18ClN3S/c1-9(2)11-8-12-13(18-10(3)4-5-14)15-6-7-17(12)16-11/h6-10H,4-5H2,1-3H3. The highest BCUT2D eigenvalue weighted by molar-refractivity contribution is 8.00. The fraction of sp³-hybridized carbons (Fsp3) is 0.538. The van der Waals surface area contributed by atoms with Crippen molar-refractivity contribution in [2.45, 2.75) is 43.4 Å². The molecule has 0 aliphatic heterocycles. The van der Waals surface area contributed by atoms with E-state index in [2.05, 4.69) is 36.9 Å². The lowest BCUT2D eigenvalue weighted by Crippen LogP contribution is -1.99. The highest BCUT2D eigenvalue weighted by Crippen LogP contribution is 2.28. The van der Waals surface area contributed by atoms with Crippen LogP contribution in [0.1, 0.15) is 38.8 Å². The number of hydrogen-bond donors (Lipinski definition) is 0. The molecular formula is C13H18ClN3S. The smallest absolute Gasteiger partial charge is 0.122 e. The molecule has 0 radical (unpaired) electrons. The molecule has 0 saturated carbocycles. The number of alkyl halides is 1. The van der Waals surface area contributed by atoms with Crippen molar-refractivity contribution in [3.05, 3.63) is 24.2 Å². The predicted molar refractivity (Wildman–Crippen MR) is 77.7 cm³/mol. The minimum absolute atomic E-state index is 0.433. The third-order valence-electron chi connectivity index (χ3n) is 2.79. The number of fused-ring (bicyclic) bond motifs is 1. The van der Waals surface area contributed by atoms with Gasteiger partial charge in [0.15, 0.2) is 0 Å². The molecule has 0 aliphatic rings. The molecule has 2 aromatic rings. The van der Waals surface area contributed by atoms with Crippen LogP contribution in [0, 0.1) is 0 Å². The van der Waals surface area contributed by atoms with Crippen LogP contribution in [-0.2, 0) is 0 Å². The number of halogens is 1. The van der Waals surface area contributed by atoms with Crippen molar-refractivity contribution in [3.63, 3.8) is 0 Å². The average molecular weight is 284 g/mol. The van der Waals surface area contributed by atoms with E-state index in [1.165, 1.54) is 0 Å². The summed E-state index contributed by atoms with van der Waals surface area (Å²) in [5, 5.41) is 6.07. The van der Waals surface area contributed by atoms with Crippen molar-refractivity contribution < 1.29 is 0 Å². The molecule has 5 heteroatoms. The summed E-state index contributed by atoms with van der Waals surface area (Å²) in [6.07, 6.45) is 4.69. The van der Waals surface area contributed by atoms with E-state index in [4.69, 9.17) is 11.6 Å². The number of hydrogen-bond acceptors (Lipinski definition) is 3. The van der Waals surface area contributed by atoms with Crippen molar-refractivity contribution in [1.82, 2.24) is 14.6 Å². The molecule has 98 valence electrons. The molecule has 3 nitrogen and oxygen atoms in total. The van der Waals surface area contributed by atoms with Crippen LogP contribution < -0.4 is 0 Å². The SMILES string of the molecule is CC(CCCl)Sc1nccn2nc(C(C)C)cc12. The second-order valence-corrected chi connectivity index (χ2v) is 6.50. The molecule has 0 aromatic carbocycles. The maximum absolute atomic E-state index is 5.78. The molecule has 2 rings (SSSR count). The predicted octanol–water partition coefficient (Wildman–Crippen LogP) is 3.96. The third-order valence-corrected chi connectivity index (χ3v) is 4.19. The van der Waals surface area contributed by atoms with Gasteiger partial charge >= 0.3 is 0 Å². The van der Waals surface area contributed by atoms with E-state index >= 15 is 0 Å². The van der Waals surface area contributed by atoms with Gasteiger partial charge in [-0.05, 0) is 18.4 Å². The van der Waals surface area contributed by atoms with Crippen LogP contribution in [0.15, 0.2) is 23.5 Å². The lowest BCUT2D eigenvalue weighted by atomic mass is 10.1. The van der Waals surface area contributed by atoms with Crippen LogP contribution in [0.3, 0.4) is 0 Å². The Hall–Kier alpha value is -0.740. The van der Waals surface area contributed by atoms with Crippen LogP contribution in [0.4, 0.5) is 0 Å². The number of nitrogens with zero attached hydrogens (tertiary/aromatic N) is 3. The molecule has 0 saturated heterocycles. The Balaban J connectivity index is 2.32. The molecule has 0 aliphatic carbocycles. The first kappa shape index (κ1) is 13.7. The first-order valence-corrected chi connectivity index (χ1v) is 7.60. The summed E-state index contributed by atoms with van der Waals surface area (Å²) in [6.45, 7) is 6.48. The minimum Gasteiger partial charge on any atom is -0.246 e. The van der Waals surface area contributed by atoms with Crippen molar-refractivity contribution in [1.29, 1.82) is 0 Å². The largest absolute Gasteiger partial charge is 0.246 e. The fourth-order valence-corrected chi connectivity index (χ4v) is 3.16. The van der Waals surface area contributed by atoms with Crippen LogP contribution in [0.2, 0.25) is 0 Å². The molecule has 0 spiro atoms. The summed E-state index contributed by atoms with van der Waals surface area (Å²) < 4.78 is 1.91. The van der Waals surface area contributed by atoms with Gasteiger partial charge in [0, 0.05) is 23.5 Å². The van der Waals surface area contributed by atoms with Crippen LogP contribution in [-0.4, -0.2) is 25.7 Å². The van der Waals surface area contributed by atoms with Crippen molar-refractivity contribution >= 4 is 28.9 Å². The molecule has 2 heterocycles. The number of rotatable bonds is 5. The van der Waals surface area contributed by atoms with Crippen molar-refractivity contribution in [2.24, 2.45) is 0 Å². The van der Waals surface area contributed by atoms with Gasteiger partial charge in [0.25, 0.3) is 0 Å². The van der Waals surface area contributed by atoms with E-state index in [0.29, 0.717) is 17.0 Å². The summed E-state index contributed by atoms with van der Waals surface area (Å²) >= 11 is 7.54. The first-order valence-electron chi connectivity index (χ1n) is 6.18. The zero-order chi connectivity index (χ0) is 13.1. The molecular weight excluding hydrogens is 266 g/mol. The van der Waals surface area contributed by atoms with E-state index < -0.39 is 0 Å². The van der Waals surface area contributed by atoms with Crippen LogP contribution in [0.25, 0.3) is 5.52 Å². The summed E-state index contributed by atoms with van der Waals surface area (Å²) in [6, 6.07) is 2.13. The van der Waals surface area contributed by atoms with E-state index in [9.17, 15) is 0 Å². The molecule has 2 aromatic heterocycles. The highest BCUT2D eigenvalue weighted by atomic mass is 35.5. The van der Waals surface area contributed by atoms with E-state index in [1.807, 2.05) is 10.7 Å². The maximum atomic E-state index is 5.78. The quantitative estimate of drug-likeness (QED) is 0.614. The molecule has 1 atom stereocenters. The highest BCUT2D eigenvalue weighted by Gasteiger charge is 2.12. The van der Waals surface area contributed by atoms with Gasteiger partial charge in [-0.15, -0.1) is 23.4 Å². The summed E-state index contributed by atoms with van der Waals surface area (Å²) in [5.41, 5.74) is 2.20. The summed E-state index contributed by atoms with van der Waals surface area (Å²) in [5.74, 6) is 1.12. The van der Waals surface area contributed by atoms with Crippen molar-refractivity contribution in [3.8, 4) is 0 Å². The Morgan fingerprint density at radius 3 is 2.83 bits per heavy atom. The molecule has 0 fully saturated rings. The normalized spacial score (nSPS) is 13.4. The summed E-state index contributed by atoms with van der Waals surface area (Å²) in [7, 11) is 0. The Morgan fingerprint density at radius 2 is 2.17 bits per heavy atom. The molecule has 0 N–H and O–H groups in total. The third kappa shape index (κ3) is 2.98. The molecule has 1 unspecified atom stereocenters. The first-order chi connectivity index (χ1) is 8.61.